The number of nitrogens with one attached hydrogen (secondary N) is 1. The molecule has 0 aromatic carbocycles. The Morgan fingerprint density at radius 1 is 1.23 bits per heavy atom. The Bertz CT molecular complexity index is 664. The third kappa shape index (κ3) is 7.70. The van der Waals surface area contributed by atoms with Gasteiger partial charge in [-0.2, -0.15) is 4.98 Å². The van der Waals surface area contributed by atoms with Crippen LogP contribution in [0.2, 0.25) is 5.28 Å². The van der Waals surface area contributed by atoms with E-state index in [4.69, 9.17) is 20.6 Å². The Labute approximate surface area is 160 Å². The minimum atomic E-state index is -3.45. The standard InChI is InChI=1S/C17H28ClFN3O3P/c1-11(2)24-26(23,25-12(3)4)9-8-14(17(5,6)7)21-15-13(19)10-20-16(18)22-15/h8-12,14H,1-7H3,(H,20,21,22). The molecule has 0 saturated carbocycles. The number of nitrogens with zero attached hydrogens (tertiary/aromatic N) is 2. The van der Waals surface area contributed by atoms with Gasteiger partial charge < -0.3 is 14.4 Å². The van der Waals surface area contributed by atoms with Crippen LogP contribution in [0.3, 0.4) is 0 Å². The van der Waals surface area contributed by atoms with Gasteiger partial charge in [0.1, 0.15) is 0 Å². The molecule has 0 saturated heterocycles. The van der Waals surface area contributed by atoms with Gasteiger partial charge in [0, 0.05) is 5.82 Å². The van der Waals surface area contributed by atoms with E-state index in [-0.39, 0.29) is 28.7 Å². The number of hydrogen-bond acceptors (Lipinski definition) is 6. The van der Waals surface area contributed by atoms with E-state index in [1.807, 2.05) is 20.8 Å². The van der Waals surface area contributed by atoms with E-state index in [9.17, 15) is 8.96 Å². The molecule has 0 aliphatic carbocycles. The third-order valence-corrected chi connectivity index (χ3v) is 5.27. The molecule has 1 N–H and O–H groups in total. The monoisotopic (exact) mass is 407 g/mol. The molecule has 1 aromatic rings. The third-order valence-electron chi connectivity index (χ3n) is 3.12. The van der Waals surface area contributed by atoms with E-state index >= 15 is 0 Å². The summed E-state index contributed by atoms with van der Waals surface area (Å²) in [4.78, 5) is 7.47. The van der Waals surface area contributed by atoms with Crippen LogP contribution in [0.25, 0.3) is 0 Å². The summed E-state index contributed by atoms with van der Waals surface area (Å²) in [6, 6.07) is -0.414. The molecule has 0 fully saturated rings. The molecule has 0 aliphatic heterocycles. The number of halogens is 2. The average molecular weight is 408 g/mol. The van der Waals surface area contributed by atoms with Gasteiger partial charge in [-0.3, -0.25) is 4.57 Å². The van der Waals surface area contributed by atoms with Gasteiger partial charge in [0.2, 0.25) is 5.28 Å². The maximum absolute atomic E-state index is 14.0. The molecular formula is C17H28ClFN3O3P. The zero-order chi connectivity index (χ0) is 20.1. The van der Waals surface area contributed by atoms with Crippen LogP contribution in [0.5, 0.6) is 0 Å². The van der Waals surface area contributed by atoms with E-state index in [1.54, 1.807) is 33.8 Å². The van der Waals surface area contributed by atoms with Crippen molar-refractivity contribution in [3.63, 3.8) is 0 Å². The number of hydrogen-bond donors (Lipinski definition) is 1. The van der Waals surface area contributed by atoms with Gasteiger partial charge in [0.25, 0.3) is 0 Å². The lowest BCUT2D eigenvalue weighted by molar-refractivity contribution is 0.149. The molecule has 1 unspecified atom stereocenters. The zero-order valence-electron chi connectivity index (χ0n) is 16.3. The Morgan fingerprint density at radius 3 is 2.23 bits per heavy atom. The maximum Gasteiger partial charge on any atom is 0.354 e. The minimum Gasteiger partial charge on any atom is -0.361 e. The molecule has 0 aliphatic rings. The van der Waals surface area contributed by atoms with Crippen LogP contribution < -0.4 is 5.32 Å². The second kappa shape index (κ2) is 9.27. The minimum absolute atomic E-state index is 0.0287. The largest absolute Gasteiger partial charge is 0.361 e. The lowest BCUT2D eigenvalue weighted by Crippen LogP contribution is -2.33. The number of aromatic nitrogens is 2. The summed E-state index contributed by atoms with van der Waals surface area (Å²) in [5.74, 6) is 0.757. The Kier molecular flexibility index (Phi) is 8.21. The van der Waals surface area contributed by atoms with Crippen molar-refractivity contribution in [2.75, 3.05) is 5.32 Å². The van der Waals surface area contributed by atoms with Gasteiger partial charge in [-0.1, -0.05) is 26.8 Å². The highest BCUT2D eigenvalue weighted by molar-refractivity contribution is 7.57. The molecule has 9 heteroatoms. The maximum atomic E-state index is 14.0. The van der Waals surface area contributed by atoms with Gasteiger partial charge in [-0.25, -0.2) is 9.37 Å². The highest BCUT2D eigenvalue weighted by Gasteiger charge is 2.28. The Balaban J connectivity index is 3.14. The smallest absolute Gasteiger partial charge is 0.354 e. The first-order chi connectivity index (χ1) is 11.8. The van der Waals surface area contributed by atoms with E-state index in [2.05, 4.69) is 15.3 Å². The fourth-order valence-corrected chi connectivity index (χ4v) is 3.90. The molecule has 1 heterocycles. The normalized spacial score (nSPS) is 14.4. The first-order valence-electron chi connectivity index (χ1n) is 8.43. The lowest BCUT2D eigenvalue weighted by atomic mass is 9.87. The van der Waals surface area contributed by atoms with Gasteiger partial charge >= 0.3 is 7.60 Å². The Morgan fingerprint density at radius 2 is 1.77 bits per heavy atom. The molecule has 26 heavy (non-hydrogen) atoms. The van der Waals surface area contributed by atoms with E-state index < -0.39 is 19.5 Å². The molecule has 148 valence electrons. The van der Waals surface area contributed by atoms with Crippen molar-refractivity contribution < 1.29 is 18.0 Å². The summed E-state index contributed by atoms with van der Waals surface area (Å²) in [5, 5.41) is 2.91. The van der Waals surface area contributed by atoms with E-state index in [0.717, 1.165) is 6.20 Å². The molecule has 1 rings (SSSR count). The van der Waals surface area contributed by atoms with Crippen molar-refractivity contribution >= 4 is 25.0 Å². The summed E-state index contributed by atoms with van der Waals surface area (Å²) >= 11 is 5.75. The van der Waals surface area contributed by atoms with Crippen LogP contribution in [0, 0.1) is 11.2 Å². The van der Waals surface area contributed by atoms with Gasteiger partial charge in [0.05, 0.1) is 24.4 Å². The summed E-state index contributed by atoms with van der Waals surface area (Å²) in [6.07, 6.45) is 2.10. The molecule has 0 radical (unpaired) electrons. The highest BCUT2D eigenvalue weighted by Crippen LogP contribution is 2.52. The van der Waals surface area contributed by atoms with Crippen LogP contribution in [-0.2, 0) is 13.6 Å². The topological polar surface area (TPSA) is 73.3 Å². The number of anilines is 1. The summed E-state index contributed by atoms with van der Waals surface area (Å²) in [5.41, 5.74) is -0.346. The summed E-state index contributed by atoms with van der Waals surface area (Å²) < 4.78 is 37.9. The fraction of sp³-hybridized carbons (Fsp3) is 0.647. The van der Waals surface area contributed by atoms with Crippen LogP contribution >= 0.6 is 19.2 Å². The van der Waals surface area contributed by atoms with Crippen LogP contribution in [-0.4, -0.2) is 28.2 Å². The molecule has 0 amide bonds. The van der Waals surface area contributed by atoms with Crippen molar-refractivity contribution in [3.8, 4) is 0 Å². The lowest BCUT2D eigenvalue weighted by Gasteiger charge is -2.30. The second-order valence-corrected chi connectivity index (χ2v) is 9.65. The molecule has 1 atom stereocenters. The first kappa shape index (κ1) is 23.0. The van der Waals surface area contributed by atoms with Crippen molar-refractivity contribution in [2.24, 2.45) is 5.41 Å². The molecule has 6 nitrogen and oxygen atoms in total. The average Bonchev–Trinajstić information content (AvgIpc) is 2.43. The van der Waals surface area contributed by atoms with E-state index in [0.29, 0.717) is 0 Å². The van der Waals surface area contributed by atoms with Crippen molar-refractivity contribution in [1.29, 1.82) is 0 Å². The Hall–Kier alpha value is -1.01. The highest BCUT2D eigenvalue weighted by atomic mass is 35.5. The summed E-state index contributed by atoms with van der Waals surface area (Å²) in [7, 11) is -3.45. The quantitative estimate of drug-likeness (QED) is 0.443. The zero-order valence-corrected chi connectivity index (χ0v) is 17.9. The fourth-order valence-electron chi connectivity index (χ4n) is 2.02. The summed E-state index contributed by atoms with van der Waals surface area (Å²) in [6.45, 7) is 13.0. The van der Waals surface area contributed by atoms with Crippen molar-refractivity contribution in [1.82, 2.24) is 9.97 Å². The van der Waals surface area contributed by atoms with E-state index in [1.165, 1.54) is 5.82 Å². The molecule has 1 aromatic heterocycles. The van der Waals surface area contributed by atoms with Gasteiger partial charge in [0.15, 0.2) is 11.6 Å². The van der Waals surface area contributed by atoms with Crippen molar-refractivity contribution in [2.45, 2.75) is 66.7 Å². The predicted molar refractivity (Wildman–Crippen MR) is 103 cm³/mol. The van der Waals surface area contributed by atoms with Gasteiger partial charge in [-0.15, -0.1) is 0 Å². The SMILES string of the molecule is CC(C)OP(=O)(C=CC(Nc1nc(Cl)ncc1F)C(C)(C)C)OC(C)C. The van der Waals surface area contributed by atoms with Crippen LogP contribution in [0.1, 0.15) is 48.5 Å². The molecule has 0 bridgehead atoms. The first-order valence-corrected chi connectivity index (χ1v) is 10.4. The number of rotatable bonds is 8. The van der Waals surface area contributed by atoms with Gasteiger partial charge in [-0.05, 0) is 44.7 Å². The molecule has 0 spiro atoms. The molecular weight excluding hydrogens is 380 g/mol. The second-order valence-electron chi connectivity index (χ2n) is 7.51. The van der Waals surface area contributed by atoms with Crippen LogP contribution in [0.15, 0.2) is 18.1 Å². The predicted octanol–water partition coefficient (Wildman–Crippen LogP) is 5.65. The van der Waals surface area contributed by atoms with Crippen molar-refractivity contribution in [3.05, 3.63) is 29.2 Å². The van der Waals surface area contributed by atoms with Crippen LogP contribution in [0.4, 0.5) is 10.2 Å².